The number of piperidine rings is 1. The lowest BCUT2D eigenvalue weighted by Gasteiger charge is -2.29. The fourth-order valence-electron chi connectivity index (χ4n) is 1.48. The summed E-state index contributed by atoms with van der Waals surface area (Å²) in [5.41, 5.74) is 0. The standard InChI is InChI=1S/C8H18N2S/c1-10-5-2-8(3-6-10)9-4-7-11/h8-9,11H,2-7H2,1H3. The number of likely N-dealkylation sites (tertiary alicyclic amines) is 1. The first-order valence-electron chi connectivity index (χ1n) is 4.35. The van der Waals surface area contributed by atoms with Crippen molar-refractivity contribution in [3.8, 4) is 0 Å². The average molecular weight is 174 g/mol. The van der Waals surface area contributed by atoms with E-state index in [-0.39, 0.29) is 0 Å². The van der Waals surface area contributed by atoms with E-state index in [0.717, 1.165) is 18.3 Å². The Labute approximate surface area is 74.8 Å². The van der Waals surface area contributed by atoms with Gasteiger partial charge in [0.15, 0.2) is 0 Å². The fourth-order valence-corrected chi connectivity index (χ4v) is 1.61. The Balaban J connectivity index is 2.07. The molecule has 66 valence electrons. The average Bonchev–Trinajstić information content (AvgIpc) is 2.04. The van der Waals surface area contributed by atoms with Gasteiger partial charge in [0.1, 0.15) is 0 Å². The SMILES string of the molecule is CN1CCC(NCCS)CC1. The van der Waals surface area contributed by atoms with Crippen molar-refractivity contribution in [2.45, 2.75) is 18.9 Å². The topological polar surface area (TPSA) is 15.3 Å². The van der Waals surface area contributed by atoms with Crippen LogP contribution in [-0.2, 0) is 0 Å². The summed E-state index contributed by atoms with van der Waals surface area (Å²) in [6.07, 6.45) is 2.59. The zero-order chi connectivity index (χ0) is 8.10. The van der Waals surface area contributed by atoms with Gasteiger partial charge in [0.25, 0.3) is 0 Å². The number of nitrogens with zero attached hydrogens (tertiary/aromatic N) is 1. The molecule has 1 aliphatic heterocycles. The molecule has 1 aliphatic rings. The summed E-state index contributed by atoms with van der Waals surface area (Å²) >= 11 is 4.16. The second kappa shape index (κ2) is 5.01. The van der Waals surface area contributed by atoms with E-state index < -0.39 is 0 Å². The predicted octanol–water partition coefficient (Wildman–Crippen LogP) is 0.600. The first kappa shape index (κ1) is 9.36. The quantitative estimate of drug-likeness (QED) is 0.609. The highest BCUT2D eigenvalue weighted by Crippen LogP contribution is 2.07. The molecule has 0 amide bonds. The first-order valence-corrected chi connectivity index (χ1v) is 4.99. The minimum Gasteiger partial charge on any atom is -0.313 e. The summed E-state index contributed by atoms with van der Waals surface area (Å²) in [4.78, 5) is 2.39. The van der Waals surface area contributed by atoms with Gasteiger partial charge in [-0.15, -0.1) is 0 Å². The lowest BCUT2D eigenvalue weighted by atomic mass is 10.1. The van der Waals surface area contributed by atoms with Crippen molar-refractivity contribution in [3.63, 3.8) is 0 Å². The lowest BCUT2D eigenvalue weighted by molar-refractivity contribution is 0.237. The van der Waals surface area contributed by atoms with Crippen molar-refractivity contribution in [2.24, 2.45) is 0 Å². The molecule has 1 fully saturated rings. The molecule has 0 aromatic rings. The van der Waals surface area contributed by atoms with Crippen LogP contribution in [0.2, 0.25) is 0 Å². The van der Waals surface area contributed by atoms with Gasteiger partial charge in [0.05, 0.1) is 0 Å². The van der Waals surface area contributed by atoms with Crippen LogP contribution in [0.5, 0.6) is 0 Å². The van der Waals surface area contributed by atoms with Gasteiger partial charge in [-0.2, -0.15) is 12.6 Å². The Kier molecular flexibility index (Phi) is 4.26. The van der Waals surface area contributed by atoms with Crippen LogP contribution in [0.4, 0.5) is 0 Å². The molecule has 0 saturated carbocycles. The molecule has 1 rings (SSSR count). The van der Waals surface area contributed by atoms with Crippen LogP contribution in [0.1, 0.15) is 12.8 Å². The van der Waals surface area contributed by atoms with Crippen molar-refractivity contribution >= 4 is 12.6 Å². The largest absolute Gasteiger partial charge is 0.313 e. The van der Waals surface area contributed by atoms with Crippen molar-refractivity contribution in [3.05, 3.63) is 0 Å². The van der Waals surface area contributed by atoms with Crippen LogP contribution in [0, 0.1) is 0 Å². The number of hydrogen-bond acceptors (Lipinski definition) is 3. The van der Waals surface area contributed by atoms with Gasteiger partial charge >= 0.3 is 0 Å². The second-order valence-electron chi connectivity index (χ2n) is 3.26. The first-order chi connectivity index (χ1) is 5.33. The fraction of sp³-hybridized carbons (Fsp3) is 1.00. The Morgan fingerprint density at radius 2 is 2.09 bits per heavy atom. The van der Waals surface area contributed by atoms with Gasteiger partial charge in [-0.05, 0) is 33.0 Å². The van der Waals surface area contributed by atoms with E-state index in [0.29, 0.717) is 0 Å². The second-order valence-corrected chi connectivity index (χ2v) is 3.70. The Morgan fingerprint density at radius 3 is 2.64 bits per heavy atom. The maximum absolute atomic E-state index is 4.16. The summed E-state index contributed by atoms with van der Waals surface area (Å²) in [6.45, 7) is 3.53. The predicted molar refractivity (Wildman–Crippen MR) is 52.4 cm³/mol. The van der Waals surface area contributed by atoms with E-state index in [9.17, 15) is 0 Å². The van der Waals surface area contributed by atoms with Crippen LogP contribution >= 0.6 is 12.6 Å². The van der Waals surface area contributed by atoms with Gasteiger partial charge in [0, 0.05) is 18.3 Å². The van der Waals surface area contributed by atoms with Crippen LogP contribution in [0.3, 0.4) is 0 Å². The third-order valence-electron chi connectivity index (χ3n) is 2.26. The highest BCUT2D eigenvalue weighted by molar-refractivity contribution is 7.80. The normalized spacial score (nSPS) is 22.4. The summed E-state index contributed by atoms with van der Waals surface area (Å²) in [6, 6.07) is 0.748. The van der Waals surface area contributed by atoms with E-state index >= 15 is 0 Å². The van der Waals surface area contributed by atoms with Crippen LogP contribution < -0.4 is 5.32 Å². The maximum atomic E-state index is 4.16. The van der Waals surface area contributed by atoms with Gasteiger partial charge in [-0.3, -0.25) is 0 Å². The number of hydrogen-bond donors (Lipinski definition) is 2. The molecule has 1 saturated heterocycles. The monoisotopic (exact) mass is 174 g/mol. The third-order valence-corrected chi connectivity index (χ3v) is 2.49. The highest BCUT2D eigenvalue weighted by atomic mass is 32.1. The molecule has 0 atom stereocenters. The molecule has 2 nitrogen and oxygen atoms in total. The third kappa shape index (κ3) is 3.45. The van der Waals surface area contributed by atoms with Gasteiger partial charge in [-0.1, -0.05) is 0 Å². The van der Waals surface area contributed by atoms with Crippen LogP contribution in [0.15, 0.2) is 0 Å². The molecule has 0 aliphatic carbocycles. The van der Waals surface area contributed by atoms with E-state index in [1.165, 1.54) is 25.9 Å². The molecule has 0 aromatic heterocycles. The minimum atomic E-state index is 0.748. The van der Waals surface area contributed by atoms with E-state index in [2.05, 4.69) is 29.9 Å². The van der Waals surface area contributed by atoms with Gasteiger partial charge in [0.2, 0.25) is 0 Å². The van der Waals surface area contributed by atoms with E-state index in [1.54, 1.807) is 0 Å². The molecule has 0 unspecified atom stereocenters. The summed E-state index contributed by atoms with van der Waals surface area (Å²) in [5, 5.41) is 3.49. The smallest absolute Gasteiger partial charge is 0.00917 e. The van der Waals surface area contributed by atoms with E-state index in [4.69, 9.17) is 0 Å². The number of rotatable bonds is 3. The molecule has 3 heteroatoms. The zero-order valence-electron chi connectivity index (χ0n) is 7.21. The molecule has 0 radical (unpaired) electrons. The maximum Gasteiger partial charge on any atom is 0.00917 e. The van der Waals surface area contributed by atoms with Gasteiger partial charge in [-0.25, -0.2) is 0 Å². The number of nitrogens with one attached hydrogen (secondary N) is 1. The Morgan fingerprint density at radius 1 is 1.45 bits per heavy atom. The molecule has 0 spiro atoms. The molecular weight excluding hydrogens is 156 g/mol. The minimum absolute atomic E-state index is 0.748. The van der Waals surface area contributed by atoms with Gasteiger partial charge < -0.3 is 10.2 Å². The Hall–Kier alpha value is 0.270. The summed E-state index contributed by atoms with van der Waals surface area (Å²) in [5.74, 6) is 0.951. The van der Waals surface area contributed by atoms with Crippen LogP contribution in [0.25, 0.3) is 0 Å². The van der Waals surface area contributed by atoms with Crippen LogP contribution in [-0.4, -0.2) is 43.4 Å². The van der Waals surface area contributed by atoms with Crippen molar-refractivity contribution in [2.75, 3.05) is 32.4 Å². The molecule has 1 N–H and O–H groups in total. The zero-order valence-corrected chi connectivity index (χ0v) is 8.11. The highest BCUT2D eigenvalue weighted by Gasteiger charge is 2.14. The van der Waals surface area contributed by atoms with Crippen molar-refractivity contribution in [1.82, 2.24) is 10.2 Å². The lowest BCUT2D eigenvalue weighted by Crippen LogP contribution is -2.41. The summed E-state index contributed by atoms with van der Waals surface area (Å²) < 4.78 is 0. The molecule has 1 heterocycles. The van der Waals surface area contributed by atoms with Crippen molar-refractivity contribution in [1.29, 1.82) is 0 Å². The molecular formula is C8H18N2S. The molecule has 0 aromatic carbocycles. The Bertz CT molecular complexity index is 97.5. The molecule has 11 heavy (non-hydrogen) atoms. The molecule has 0 bridgehead atoms. The number of thiol groups is 1. The van der Waals surface area contributed by atoms with Crippen molar-refractivity contribution < 1.29 is 0 Å². The summed E-state index contributed by atoms with van der Waals surface area (Å²) in [7, 11) is 2.19. The van der Waals surface area contributed by atoms with E-state index in [1.807, 2.05) is 0 Å².